The summed E-state index contributed by atoms with van der Waals surface area (Å²) in [5, 5.41) is 4.16. The lowest BCUT2D eigenvalue weighted by Crippen LogP contribution is -2.16. The van der Waals surface area contributed by atoms with E-state index in [1.165, 1.54) is 5.56 Å². The fourth-order valence-electron chi connectivity index (χ4n) is 2.73. The lowest BCUT2D eigenvalue weighted by molar-refractivity contribution is 0.0957. The van der Waals surface area contributed by atoms with Gasteiger partial charge in [-0.25, -0.2) is 0 Å². The molecule has 4 nitrogen and oxygen atoms in total. The second-order valence-corrected chi connectivity index (χ2v) is 5.84. The number of carbonyl (C=O) groups excluding carboxylic acids is 1. The van der Waals surface area contributed by atoms with E-state index in [0.717, 1.165) is 29.4 Å². The number of benzene rings is 1. The molecule has 22 heavy (non-hydrogen) atoms. The van der Waals surface area contributed by atoms with Gasteiger partial charge < -0.3 is 10.2 Å². The minimum Gasteiger partial charge on any atom is -0.367 e. The molecule has 0 radical (unpaired) electrons. The molecule has 0 spiro atoms. The van der Waals surface area contributed by atoms with E-state index >= 15 is 0 Å². The lowest BCUT2D eigenvalue weighted by atomic mass is 10.1. The number of rotatable bonds is 4. The predicted octanol–water partition coefficient (Wildman–Crippen LogP) is 2.78. The molecule has 0 amide bonds. The van der Waals surface area contributed by atoms with Crippen LogP contribution in [0.2, 0.25) is 0 Å². The van der Waals surface area contributed by atoms with E-state index in [2.05, 4.69) is 30.4 Å². The highest BCUT2D eigenvalue weighted by molar-refractivity contribution is 6.02. The van der Waals surface area contributed by atoms with Crippen molar-refractivity contribution in [2.75, 3.05) is 20.6 Å². The van der Waals surface area contributed by atoms with E-state index < -0.39 is 0 Å². The van der Waals surface area contributed by atoms with Gasteiger partial charge in [0, 0.05) is 29.9 Å². The van der Waals surface area contributed by atoms with E-state index in [1.807, 2.05) is 36.7 Å². The molecule has 4 heteroatoms. The van der Waals surface area contributed by atoms with Crippen molar-refractivity contribution in [1.29, 1.82) is 0 Å². The Morgan fingerprint density at radius 2 is 2.14 bits per heavy atom. The van der Waals surface area contributed by atoms with Crippen LogP contribution in [0.25, 0.3) is 10.9 Å². The normalized spacial score (nSPS) is 14.2. The SMILES string of the molecule is CN(C)CCc1cn(C(=O)C2=CNC=CC2)c2ccccc12. The third-order valence-electron chi connectivity index (χ3n) is 3.93. The summed E-state index contributed by atoms with van der Waals surface area (Å²) < 4.78 is 1.78. The van der Waals surface area contributed by atoms with Crippen LogP contribution < -0.4 is 5.32 Å². The summed E-state index contributed by atoms with van der Waals surface area (Å²) in [6, 6.07) is 8.12. The van der Waals surface area contributed by atoms with Crippen molar-refractivity contribution in [3.63, 3.8) is 0 Å². The summed E-state index contributed by atoms with van der Waals surface area (Å²) in [4.78, 5) is 14.9. The molecule has 1 aliphatic rings. The summed E-state index contributed by atoms with van der Waals surface area (Å²) in [6.07, 6.45) is 9.21. The summed E-state index contributed by atoms with van der Waals surface area (Å²) >= 11 is 0. The van der Waals surface area contributed by atoms with Crippen LogP contribution in [0.5, 0.6) is 0 Å². The van der Waals surface area contributed by atoms with Crippen LogP contribution in [0.4, 0.5) is 0 Å². The molecule has 1 aliphatic heterocycles. The van der Waals surface area contributed by atoms with E-state index in [0.29, 0.717) is 6.42 Å². The largest absolute Gasteiger partial charge is 0.367 e. The third kappa shape index (κ3) is 2.83. The smallest absolute Gasteiger partial charge is 0.260 e. The molecule has 0 atom stereocenters. The Labute approximate surface area is 130 Å². The summed E-state index contributed by atoms with van der Waals surface area (Å²) in [5.74, 6) is 0.0455. The number of likely N-dealkylation sites (N-methyl/N-ethyl adjacent to an activating group) is 1. The number of hydrogen-bond donors (Lipinski definition) is 1. The van der Waals surface area contributed by atoms with E-state index in [4.69, 9.17) is 0 Å². The molecule has 2 aromatic rings. The fraction of sp³-hybridized carbons (Fsp3) is 0.278. The zero-order valence-corrected chi connectivity index (χ0v) is 13.0. The van der Waals surface area contributed by atoms with Gasteiger partial charge >= 0.3 is 0 Å². The topological polar surface area (TPSA) is 37.3 Å². The third-order valence-corrected chi connectivity index (χ3v) is 3.93. The number of hydrogen-bond acceptors (Lipinski definition) is 3. The Hall–Kier alpha value is -2.33. The summed E-state index contributed by atoms with van der Waals surface area (Å²) in [6.45, 7) is 0.967. The standard InChI is InChI=1S/C18H21N3O/c1-20(2)11-9-15-13-21(17-8-4-3-7-16(15)17)18(22)14-6-5-10-19-12-14/h3-5,7-8,10,12-13,19H,6,9,11H2,1-2H3. The van der Waals surface area contributed by atoms with Crippen LogP contribution >= 0.6 is 0 Å². The van der Waals surface area contributed by atoms with Gasteiger partial charge in [-0.2, -0.15) is 0 Å². The monoisotopic (exact) mass is 295 g/mol. The second-order valence-electron chi connectivity index (χ2n) is 5.84. The van der Waals surface area contributed by atoms with E-state index in [-0.39, 0.29) is 5.91 Å². The average molecular weight is 295 g/mol. The molecule has 1 aromatic heterocycles. The van der Waals surface area contributed by atoms with Crippen molar-refractivity contribution < 1.29 is 4.79 Å². The van der Waals surface area contributed by atoms with Crippen LogP contribution in [-0.4, -0.2) is 36.0 Å². The first kappa shape index (κ1) is 14.6. The zero-order valence-electron chi connectivity index (χ0n) is 13.0. The number of allylic oxidation sites excluding steroid dienone is 2. The highest BCUT2D eigenvalue weighted by Crippen LogP contribution is 2.23. The number of para-hydroxylation sites is 1. The molecular weight excluding hydrogens is 274 g/mol. The van der Waals surface area contributed by atoms with Gasteiger partial charge in [-0.3, -0.25) is 9.36 Å². The average Bonchev–Trinajstić information content (AvgIpc) is 2.92. The van der Waals surface area contributed by atoms with Gasteiger partial charge in [0.1, 0.15) is 0 Å². The highest BCUT2D eigenvalue weighted by atomic mass is 16.2. The molecule has 0 fully saturated rings. The number of fused-ring (bicyclic) bond motifs is 1. The van der Waals surface area contributed by atoms with E-state index in [9.17, 15) is 4.79 Å². The van der Waals surface area contributed by atoms with Crippen LogP contribution in [0.1, 0.15) is 16.8 Å². The maximum absolute atomic E-state index is 12.8. The molecule has 1 aromatic carbocycles. The van der Waals surface area contributed by atoms with Crippen LogP contribution in [0.3, 0.4) is 0 Å². The molecule has 0 saturated carbocycles. The Kier molecular flexibility index (Phi) is 4.11. The lowest BCUT2D eigenvalue weighted by Gasteiger charge is -2.10. The molecule has 0 saturated heterocycles. The first-order valence-corrected chi connectivity index (χ1v) is 7.55. The van der Waals surface area contributed by atoms with Crippen molar-refractivity contribution in [3.05, 3.63) is 60.1 Å². The second kappa shape index (κ2) is 6.20. The molecule has 2 heterocycles. The van der Waals surface area contributed by atoms with Gasteiger partial charge in [-0.05, 0) is 44.8 Å². The van der Waals surface area contributed by atoms with Crippen molar-refractivity contribution in [1.82, 2.24) is 14.8 Å². The van der Waals surface area contributed by atoms with Crippen LogP contribution in [-0.2, 0) is 6.42 Å². The van der Waals surface area contributed by atoms with Gasteiger partial charge in [0.05, 0.1) is 5.52 Å². The van der Waals surface area contributed by atoms with Crippen molar-refractivity contribution in [3.8, 4) is 0 Å². The van der Waals surface area contributed by atoms with Gasteiger partial charge in [-0.15, -0.1) is 0 Å². The number of dihydropyridines is 1. The molecule has 1 N–H and O–H groups in total. The molecule has 0 aliphatic carbocycles. The maximum atomic E-state index is 12.8. The first-order chi connectivity index (χ1) is 10.7. The van der Waals surface area contributed by atoms with Crippen LogP contribution in [0.15, 0.2) is 54.5 Å². The molecule has 0 bridgehead atoms. The quantitative estimate of drug-likeness (QED) is 0.942. The molecule has 3 rings (SSSR count). The maximum Gasteiger partial charge on any atom is 0.260 e. The number of nitrogens with zero attached hydrogens (tertiary/aromatic N) is 2. The summed E-state index contributed by atoms with van der Waals surface area (Å²) in [7, 11) is 4.13. The Morgan fingerprint density at radius 3 is 2.86 bits per heavy atom. The number of carbonyl (C=O) groups is 1. The fourth-order valence-corrected chi connectivity index (χ4v) is 2.73. The molecule has 0 unspecified atom stereocenters. The Balaban J connectivity index is 1.98. The van der Waals surface area contributed by atoms with Crippen molar-refractivity contribution in [2.24, 2.45) is 0 Å². The molecule has 114 valence electrons. The summed E-state index contributed by atoms with van der Waals surface area (Å²) in [5.41, 5.74) is 2.98. The predicted molar refractivity (Wildman–Crippen MR) is 89.8 cm³/mol. The minimum absolute atomic E-state index is 0.0455. The van der Waals surface area contributed by atoms with Crippen LogP contribution in [0, 0.1) is 0 Å². The van der Waals surface area contributed by atoms with Crippen molar-refractivity contribution >= 4 is 16.8 Å². The van der Waals surface area contributed by atoms with Gasteiger partial charge in [0.2, 0.25) is 0 Å². The Morgan fingerprint density at radius 1 is 1.32 bits per heavy atom. The molecular formula is C18H21N3O. The number of aromatic nitrogens is 1. The minimum atomic E-state index is 0.0455. The first-order valence-electron chi connectivity index (χ1n) is 7.55. The van der Waals surface area contributed by atoms with E-state index in [1.54, 1.807) is 10.8 Å². The van der Waals surface area contributed by atoms with Gasteiger partial charge in [0.15, 0.2) is 0 Å². The highest BCUT2D eigenvalue weighted by Gasteiger charge is 2.17. The number of nitrogens with one attached hydrogen (secondary N) is 1. The van der Waals surface area contributed by atoms with Gasteiger partial charge in [0.25, 0.3) is 5.91 Å². The Bertz CT molecular complexity index is 753. The van der Waals surface area contributed by atoms with Gasteiger partial charge in [-0.1, -0.05) is 24.3 Å². The van der Waals surface area contributed by atoms with Crippen molar-refractivity contribution in [2.45, 2.75) is 12.8 Å². The zero-order chi connectivity index (χ0) is 15.5.